The van der Waals surface area contributed by atoms with Gasteiger partial charge in [-0.3, -0.25) is 19.4 Å². The third-order valence-electron chi connectivity index (χ3n) is 7.73. The standard InChI is InChI=1S/C31H39N5O4/c1-32-29(37)28-15-8-18-35-36(28)30(38)24(17-16-23-12-5-6-14-26(23)27-20-33-21-34-27)19-25(31(39)40)13-7-11-22-9-3-2-4-10-22/h2-6,9-10,12,14,20-21,24-25,28,35H,7-8,11,13,15-19H2,1H3,(H,32,37)(H,33,34)(H,39,40)/t24-,25+,28+/m1/s1. The van der Waals surface area contributed by atoms with Crippen molar-refractivity contribution in [1.29, 1.82) is 0 Å². The van der Waals surface area contributed by atoms with Crippen LogP contribution in [0.1, 0.15) is 49.7 Å². The van der Waals surface area contributed by atoms with E-state index in [-0.39, 0.29) is 18.2 Å². The van der Waals surface area contributed by atoms with Gasteiger partial charge in [-0.25, -0.2) is 10.4 Å². The van der Waals surface area contributed by atoms with Crippen LogP contribution in [-0.2, 0) is 27.2 Å². The molecule has 2 amide bonds. The number of aryl methyl sites for hydroxylation is 2. The van der Waals surface area contributed by atoms with E-state index in [1.807, 2.05) is 54.6 Å². The summed E-state index contributed by atoms with van der Waals surface area (Å²) < 4.78 is 0. The number of H-pyrrole nitrogens is 1. The van der Waals surface area contributed by atoms with Gasteiger partial charge in [-0.05, 0) is 62.5 Å². The summed E-state index contributed by atoms with van der Waals surface area (Å²) >= 11 is 0. The second-order valence-electron chi connectivity index (χ2n) is 10.4. The van der Waals surface area contributed by atoms with Gasteiger partial charge in [-0.15, -0.1) is 0 Å². The molecule has 4 N–H and O–H groups in total. The Balaban J connectivity index is 1.53. The Morgan fingerprint density at radius 1 is 1.05 bits per heavy atom. The first-order valence-corrected chi connectivity index (χ1v) is 14.1. The largest absolute Gasteiger partial charge is 0.481 e. The number of amides is 2. The zero-order valence-electron chi connectivity index (χ0n) is 23.0. The van der Waals surface area contributed by atoms with Crippen LogP contribution < -0.4 is 10.7 Å². The van der Waals surface area contributed by atoms with E-state index in [1.165, 1.54) is 10.6 Å². The third-order valence-corrected chi connectivity index (χ3v) is 7.73. The van der Waals surface area contributed by atoms with Crippen LogP contribution in [0.4, 0.5) is 0 Å². The number of carboxylic acid groups (broad SMARTS) is 1. The second-order valence-corrected chi connectivity index (χ2v) is 10.4. The molecule has 0 spiro atoms. The smallest absolute Gasteiger partial charge is 0.306 e. The van der Waals surface area contributed by atoms with Crippen molar-refractivity contribution >= 4 is 17.8 Å². The average Bonchev–Trinajstić information content (AvgIpc) is 3.53. The highest BCUT2D eigenvalue weighted by atomic mass is 16.4. The first-order valence-electron chi connectivity index (χ1n) is 14.1. The van der Waals surface area contributed by atoms with Gasteiger partial charge in [-0.2, -0.15) is 0 Å². The minimum atomic E-state index is -0.891. The Morgan fingerprint density at radius 2 is 1.82 bits per heavy atom. The molecule has 4 rings (SSSR count). The average molecular weight is 546 g/mol. The number of nitrogens with zero attached hydrogens (tertiary/aromatic N) is 2. The van der Waals surface area contributed by atoms with Crippen molar-refractivity contribution in [2.45, 2.75) is 57.4 Å². The zero-order valence-corrected chi connectivity index (χ0v) is 23.0. The van der Waals surface area contributed by atoms with Crippen LogP contribution in [0.2, 0.25) is 0 Å². The maximum Gasteiger partial charge on any atom is 0.306 e. The number of hydrogen-bond donors (Lipinski definition) is 4. The molecule has 212 valence electrons. The maximum atomic E-state index is 14.0. The van der Waals surface area contributed by atoms with E-state index >= 15 is 0 Å². The summed E-state index contributed by atoms with van der Waals surface area (Å²) in [7, 11) is 1.57. The fourth-order valence-corrected chi connectivity index (χ4v) is 5.54. The van der Waals surface area contributed by atoms with Crippen LogP contribution in [0.5, 0.6) is 0 Å². The van der Waals surface area contributed by atoms with E-state index in [0.29, 0.717) is 38.6 Å². The molecular weight excluding hydrogens is 506 g/mol. The van der Waals surface area contributed by atoms with Crippen LogP contribution in [0, 0.1) is 11.8 Å². The highest BCUT2D eigenvalue weighted by molar-refractivity contribution is 5.88. The van der Waals surface area contributed by atoms with Gasteiger partial charge >= 0.3 is 5.97 Å². The Labute approximate surface area is 235 Å². The molecule has 1 aliphatic rings. The van der Waals surface area contributed by atoms with Gasteiger partial charge in [0, 0.05) is 25.1 Å². The molecule has 2 aromatic carbocycles. The number of carbonyl (C=O) groups is 3. The van der Waals surface area contributed by atoms with E-state index < -0.39 is 23.8 Å². The Hall–Kier alpha value is -3.98. The molecule has 1 saturated heterocycles. The number of carbonyl (C=O) groups excluding carboxylic acids is 2. The number of aromatic nitrogens is 2. The highest BCUT2D eigenvalue weighted by Crippen LogP contribution is 2.29. The molecule has 40 heavy (non-hydrogen) atoms. The molecule has 3 aromatic rings. The molecule has 0 aliphatic carbocycles. The number of nitrogens with one attached hydrogen (secondary N) is 3. The second kappa shape index (κ2) is 14.4. The van der Waals surface area contributed by atoms with Gasteiger partial charge in [-0.1, -0.05) is 54.6 Å². The van der Waals surface area contributed by atoms with Crippen molar-refractivity contribution in [2.24, 2.45) is 11.8 Å². The lowest BCUT2D eigenvalue weighted by Crippen LogP contribution is -2.59. The molecule has 1 fully saturated rings. The Morgan fingerprint density at radius 3 is 2.55 bits per heavy atom. The van der Waals surface area contributed by atoms with Gasteiger partial charge in [0.05, 0.1) is 24.1 Å². The van der Waals surface area contributed by atoms with Crippen molar-refractivity contribution in [1.82, 2.24) is 25.7 Å². The zero-order chi connectivity index (χ0) is 28.3. The summed E-state index contributed by atoms with van der Waals surface area (Å²) in [5, 5.41) is 14.2. The van der Waals surface area contributed by atoms with Gasteiger partial charge in [0.1, 0.15) is 6.04 Å². The Bertz CT molecular complexity index is 1250. The van der Waals surface area contributed by atoms with Gasteiger partial charge in [0.25, 0.3) is 0 Å². The number of hydrazine groups is 1. The lowest BCUT2D eigenvalue weighted by atomic mass is 9.85. The van der Waals surface area contributed by atoms with Crippen LogP contribution in [0.15, 0.2) is 67.1 Å². The molecule has 1 aliphatic heterocycles. The SMILES string of the molecule is CNC(=O)[C@@H]1CCCNN1C(=O)[C@H](CCc1ccccc1-c1cnc[nH]1)C[C@H](CCCc1ccccc1)C(=O)O. The summed E-state index contributed by atoms with van der Waals surface area (Å²) in [6, 6.07) is 17.3. The first-order chi connectivity index (χ1) is 19.5. The van der Waals surface area contributed by atoms with Crippen LogP contribution in [0.3, 0.4) is 0 Å². The molecule has 0 unspecified atom stereocenters. The van der Waals surface area contributed by atoms with Gasteiger partial charge in [0.2, 0.25) is 11.8 Å². The van der Waals surface area contributed by atoms with E-state index in [1.54, 1.807) is 19.6 Å². The number of aliphatic carboxylic acids is 1. The monoisotopic (exact) mass is 545 g/mol. The number of rotatable bonds is 13. The van der Waals surface area contributed by atoms with Crippen LogP contribution >= 0.6 is 0 Å². The molecule has 0 saturated carbocycles. The minimum Gasteiger partial charge on any atom is -0.481 e. The quantitative estimate of drug-likeness (QED) is 0.257. The van der Waals surface area contributed by atoms with Crippen LogP contribution in [-0.4, -0.2) is 57.5 Å². The molecule has 9 nitrogen and oxygen atoms in total. The third kappa shape index (κ3) is 7.57. The fourth-order valence-electron chi connectivity index (χ4n) is 5.54. The van der Waals surface area contributed by atoms with Crippen molar-refractivity contribution < 1.29 is 19.5 Å². The molecule has 1 aromatic heterocycles. The molecule has 9 heteroatoms. The fraction of sp³-hybridized carbons (Fsp3) is 0.419. The maximum absolute atomic E-state index is 14.0. The first kappa shape index (κ1) is 29.0. The number of benzene rings is 2. The van der Waals surface area contributed by atoms with Crippen molar-refractivity contribution in [3.05, 3.63) is 78.2 Å². The van der Waals surface area contributed by atoms with Crippen LogP contribution in [0.25, 0.3) is 11.3 Å². The van der Waals surface area contributed by atoms with Gasteiger partial charge < -0.3 is 15.4 Å². The predicted molar refractivity (Wildman–Crippen MR) is 153 cm³/mol. The summed E-state index contributed by atoms with van der Waals surface area (Å²) in [4.78, 5) is 46.3. The lowest BCUT2D eigenvalue weighted by Gasteiger charge is -2.37. The minimum absolute atomic E-state index is 0.216. The molecule has 3 atom stereocenters. The summed E-state index contributed by atoms with van der Waals surface area (Å²) in [6.07, 6.45) is 7.98. The lowest BCUT2D eigenvalue weighted by molar-refractivity contribution is -0.151. The molecule has 0 bridgehead atoms. The summed E-state index contributed by atoms with van der Waals surface area (Å²) in [5.74, 6) is -2.56. The van der Waals surface area contributed by atoms with Crippen molar-refractivity contribution in [3.63, 3.8) is 0 Å². The Kier molecular flexibility index (Phi) is 10.5. The van der Waals surface area contributed by atoms with E-state index in [0.717, 1.165) is 29.7 Å². The molecular formula is C31H39N5O4. The topological polar surface area (TPSA) is 127 Å². The molecule has 0 radical (unpaired) electrons. The predicted octanol–water partition coefficient (Wildman–Crippen LogP) is 3.98. The highest BCUT2D eigenvalue weighted by Gasteiger charge is 2.37. The van der Waals surface area contributed by atoms with Gasteiger partial charge in [0.15, 0.2) is 0 Å². The normalized spacial score (nSPS) is 16.7. The summed E-state index contributed by atoms with van der Waals surface area (Å²) in [6.45, 7) is 0.591. The number of likely N-dealkylation sites (N-methyl/N-ethyl adjacent to an activating group) is 1. The van der Waals surface area contributed by atoms with Crippen molar-refractivity contribution in [3.8, 4) is 11.3 Å². The van der Waals surface area contributed by atoms with E-state index in [2.05, 4.69) is 20.7 Å². The van der Waals surface area contributed by atoms with E-state index in [4.69, 9.17) is 0 Å². The van der Waals surface area contributed by atoms with E-state index in [9.17, 15) is 19.5 Å². The number of aromatic amines is 1. The molecule has 2 heterocycles. The summed E-state index contributed by atoms with van der Waals surface area (Å²) in [5.41, 5.74) is 7.24. The number of hydrogen-bond acceptors (Lipinski definition) is 5. The number of imidazole rings is 1. The number of carboxylic acids is 1. The van der Waals surface area contributed by atoms with Crippen molar-refractivity contribution in [2.75, 3.05) is 13.6 Å².